The number of carbonyl (C=O) groups is 1. The molecule has 0 radical (unpaired) electrons. The molecular formula is C22H29ClO3. The third-order valence-electron chi connectivity index (χ3n) is 8.33. The Morgan fingerprint density at radius 3 is 2.81 bits per heavy atom. The number of hydrogen-bond acceptors (Lipinski definition) is 3. The van der Waals surface area contributed by atoms with E-state index in [1.165, 1.54) is 5.57 Å². The number of hydrogen-bond donors (Lipinski definition) is 2. The summed E-state index contributed by atoms with van der Waals surface area (Å²) >= 11 is 5.55. The number of Topliss-reactive ketones (excluding diaryl/α,β-unsaturated/α-hetero) is 1. The molecule has 4 aliphatic rings. The van der Waals surface area contributed by atoms with Crippen molar-refractivity contribution in [2.45, 2.75) is 63.9 Å². The largest absolute Gasteiger partial charge is 0.389 e. The summed E-state index contributed by atoms with van der Waals surface area (Å²) in [5.41, 5.74) is 0.488. The zero-order valence-electron chi connectivity index (χ0n) is 15.5. The van der Waals surface area contributed by atoms with Crippen molar-refractivity contribution in [2.24, 2.45) is 35.0 Å². The minimum absolute atomic E-state index is 0.0410. The second kappa shape index (κ2) is 6.66. The third kappa shape index (κ3) is 2.77. The summed E-state index contributed by atoms with van der Waals surface area (Å²) in [4.78, 5) is 12.3. The van der Waals surface area contributed by atoms with E-state index in [4.69, 9.17) is 11.6 Å². The molecule has 0 aromatic carbocycles. The fraction of sp³-hybridized carbons (Fsp3) is 0.773. The highest BCUT2D eigenvalue weighted by atomic mass is 35.5. The van der Waals surface area contributed by atoms with Crippen LogP contribution in [0.1, 0.15) is 58.3 Å². The highest BCUT2D eigenvalue weighted by Crippen LogP contribution is 2.63. The van der Waals surface area contributed by atoms with E-state index >= 15 is 0 Å². The standard InChI is InChI=1S/C22H29ClO3/c1-21-8-6-16-15-7-9-22(26,10-11-23)12-14(15)2-3-17(16)18(21)4-5-19(21)20(25)13-24/h2,15-19,24,26H,3-9,12-13H2,1H3. The highest BCUT2D eigenvalue weighted by Gasteiger charge is 2.57. The van der Waals surface area contributed by atoms with E-state index in [9.17, 15) is 15.0 Å². The van der Waals surface area contributed by atoms with Crippen LogP contribution >= 0.6 is 11.6 Å². The molecule has 0 aromatic rings. The van der Waals surface area contributed by atoms with Crippen molar-refractivity contribution < 1.29 is 15.0 Å². The van der Waals surface area contributed by atoms with E-state index in [1.54, 1.807) is 0 Å². The van der Waals surface area contributed by atoms with E-state index in [0.29, 0.717) is 36.5 Å². The van der Waals surface area contributed by atoms with E-state index in [1.807, 2.05) is 0 Å². The van der Waals surface area contributed by atoms with E-state index in [-0.39, 0.29) is 23.7 Å². The minimum atomic E-state index is -0.952. The van der Waals surface area contributed by atoms with Crippen LogP contribution in [-0.4, -0.2) is 28.2 Å². The monoisotopic (exact) mass is 376 g/mol. The lowest BCUT2D eigenvalue weighted by atomic mass is 9.51. The molecule has 4 heteroatoms. The molecule has 26 heavy (non-hydrogen) atoms. The van der Waals surface area contributed by atoms with Crippen LogP contribution in [0.15, 0.2) is 11.6 Å². The van der Waals surface area contributed by atoms with Crippen LogP contribution < -0.4 is 0 Å². The minimum Gasteiger partial charge on any atom is -0.389 e. The lowest BCUT2D eigenvalue weighted by Crippen LogP contribution is -2.48. The summed E-state index contributed by atoms with van der Waals surface area (Å²) in [6.45, 7) is 1.99. The maximum absolute atomic E-state index is 12.3. The van der Waals surface area contributed by atoms with Crippen LogP contribution in [0, 0.1) is 46.3 Å². The van der Waals surface area contributed by atoms with Crippen molar-refractivity contribution in [3.8, 4) is 11.3 Å². The van der Waals surface area contributed by atoms with Crippen molar-refractivity contribution in [1.29, 1.82) is 0 Å². The molecule has 0 spiro atoms. The molecule has 142 valence electrons. The van der Waals surface area contributed by atoms with Gasteiger partial charge in [0.25, 0.3) is 0 Å². The molecule has 0 heterocycles. The number of aliphatic hydroxyl groups is 2. The molecule has 3 fully saturated rings. The van der Waals surface area contributed by atoms with Gasteiger partial charge in [-0.3, -0.25) is 4.79 Å². The van der Waals surface area contributed by atoms with Crippen LogP contribution in [0.4, 0.5) is 0 Å². The fourth-order valence-corrected chi connectivity index (χ4v) is 7.30. The second-order valence-corrected chi connectivity index (χ2v) is 9.51. The summed E-state index contributed by atoms with van der Waals surface area (Å²) in [5.74, 6) is 5.35. The molecular weight excluding hydrogens is 348 g/mol. The first-order valence-electron chi connectivity index (χ1n) is 10.1. The lowest BCUT2D eigenvalue weighted by molar-refractivity contribution is -0.131. The van der Waals surface area contributed by atoms with Crippen molar-refractivity contribution in [2.75, 3.05) is 6.61 Å². The maximum atomic E-state index is 12.3. The van der Waals surface area contributed by atoms with Gasteiger partial charge in [0.1, 0.15) is 12.2 Å². The number of rotatable bonds is 2. The zero-order valence-corrected chi connectivity index (χ0v) is 16.3. The Hall–Kier alpha value is -0.820. The Morgan fingerprint density at radius 1 is 1.27 bits per heavy atom. The van der Waals surface area contributed by atoms with Crippen LogP contribution in [0.3, 0.4) is 0 Å². The zero-order chi connectivity index (χ0) is 18.5. The van der Waals surface area contributed by atoms with Gasteiger partial charge in [-0.15, -0.1) is 0 Å². The number of halogens is 1. The van der Waals surface area contributed by atoms with Crippen LogP contribution in [0.25, 0.3) is 0 Å². The molecule has 0 amide bonds. The first-order chi connectivity index (χ1) is 12.4. The predicted octanol–water partition coefficient (Wildman–Crippen LogP) is 3.67. The fourth-order valence-electron chi connectivity index (χ4n) is 7.13. The third-order valence-corrected chi connectivity index (χ3v) is 8.42. The molecule has 3 saturated carbocycles. The highest BCUT2D eigenvalue weighted by molar-refractivity contribution is 6.30. The summed E-state index contributed by atoms with van der Waals surface area (Å²) in [6.07, 6.45) is 10.0. The number of allylic oxidation sites excluding steroid dienone is 1. The Labute approximate surface area is 161 Å². The molecule has 0 aliphatic heterocycles. The van der Waals surface area contributed by atoms with E-state index in [0.717, 1.165) is 38.5 Å². The van der Waals surface area contributed by atoms with Crippen molar-refractivity contribution >= 4 is 17.4 Å². The van der Waals surface area contributed by atoms with Crippen LogP contribution in [-0.2, 0) is 4.79 Å². The normalized spacial score (nSPS) is 46.9. The Morgan fingerprint density at radius 2 is 2.08 bits per heavy atom. The number of carbonyl (C=O) groups excluding carboxylic acids is 1. The van der Waals surface area contributed by atoms with Gasteiger partial charge in [0, 0.05) is 17.7 Å². The van der Waals surface area contributed by atoms with Crippen LogP contribution in [0.2, 0.25) is 0 Å². The number of fused-ring (bicyclic) bond motifs is 5. The molecule has 7 unspecified atom stereocenters. The molecule has 7 atom stereocenters. The van der Waals surface area contributed by atoms with Gasteiger partial charge in [0.05, 0.1) is 0 Å². The van der Waals surface area contributed by atoms with Gasteiger partial charge >= 0.3 is 0 Å². The van der Waals surface area contributed by atoms with Gasteiger partial charge in [0.2, 0.25) is 0 Å². The topological polar surface area (TPSA) is 57.5 Å². The second-order valence-electron chi connectivity index (χ2n) is 9.32. The van der Waals surface area contributed by atoms with Gasteiger partial charge in [0.15, 0.2) is 5.78 Å². The molecule has 0 bridgehead atoms. The Bertz CT molecular complexity index is 689. The number of ketones is 1. The van der Waals surface area contributed by atoms with E-state index < -0.39 is 5.60 Å². The predicted molar refractivity (Wildman–Crippen MR) is 101 cm³/mol. The van der Waals surface area contributed by atoms with E-state index in [2.05, 4.69) is 24.3 Å². The summed E-state index contributed by atoms with van der Waals surface area (Å²) in [6, 6.07) is 0. The Balaban J connectivity index is 1.57. The molecule has 2 N–H and O–H groups in total. The maximum Gasteiger partial charge on any atom is 0.161 e. The SMILES string of the molecule is CC12CCC3C4CCC(O)(C#CCl)CC4=CCC3C1CCC2C(=O)CO. The first-order valence-corrected chi connectivity index (χ1v) is 10.5. The van der Waals surface area contributed by atoms with Gasteiger partial charge in [-0.25, -0.2) is 0 Å². The lowest BCUT2D eigenvalue weighted by Gasteiger charge is -2.54. The molecule has 0 saturated heterocycles. The smallest absolute Gasteiger partial charge is 0.161 e. The van der Waals surface area contributed by atoms with Gasteiger partial charge in [-0.05, 0) is 85.6 Å². The van der Waals surface area contributed by atoms with Crippen molar-refractivity contribution in [1.82, 2.24) is 0 Å². The molecule has 4 aliphatic carbocycles. The van der Waals surface area contributed by atoms with Gasteiger partial charge in [-0.1, -0.05) is 24.5 Å². The molecule has 4 rings (SSSR count). The first kappa shape index (κ1) is 18.5. The molecule has 0 aromatic heterocycles. The average molecular weight is 377 g/mol. The average Bonchev–Trinajstić information content (AvgIpc) is 2.98. The van der Waals surface area contributed by atoms with Crippen LogP contribution in [0.5, 0.6) is 0 Å². The summed E-state index contributed by atoms with van der Waals surface area (Å²) < 4.78 is 0. The number of aliphatic hydroxyl groups excluding tert-OH is 1. The van der Waals surface area contributed by atoms with Crippen molar-refractivity contribution in [3.05, 3.63) is 11.6 Å². The van der Waals surface area contributed by atoms with Crippen molar-refractivity contribution in [3.63, 3.8) is 0 Å². The summed E-state index contributed by atoms with van der Waals surface area (Å²) in [7, 11) is 0. The van der Waals surface area contributed by atoms with Gasteiger partial charge < -0.3 is 10.2 Å². The summed E-state index contributed by atoms with van der Waals surface area (Å²) in [5, 5.41) is 22.4. The van der Waals surface area contributed by atoms with Gasteiger partial charge in [-0.2, -0.15) is 0 Å². The Kier molecular flexibility index (Phi) is 4.75. The quantitative estimate of drug-likeness (QED) is 0.571. The molecule has 3 nitrogen and oxygen atoms in total.